The molecule has 0 bridgehead atoms. The van der Waals surface area contributed by atoms with E-state index in [2.05, 4.69) is 20.9 Å². The van der Waals surface area contributed by atoms with Crippen LogP contribution in [0.3, 0.4) is 0 Å². The molecule has 1 fully saturated rings. The first-order valence-electron chi connectivity index (χ1n) is 8.44. The van der Waals surface area contributed by atoms with Crippen LogP contribution in [0.15, 0.2) is 24.3 Å². The number of carbonyl (C=O) groups excluding carboxylic acids is 2. The first-order valence-corrected chi connectivity index (χ1v) is 8.85. The van der Waals surface area contributed by atoms with Gasteiger partial charge in [0.15, 0.2) is 5.11 Å². The van der Waals surface area contributed by atoms with Gasteiger partial charge in [-0.15, -0.1) is 12.4 Å². The molecule has 0 spiro atoms. The van der Waals surface area contributed by atoms with E-state index in [0.29, 0.717) is 17.9 Å². The van der Waals surface area contributed by atoms with Gasteiger partial charge in [0.2, 0.25) is 5.91 Å². The van der Waals surface area contributed by atoms with Crippen molar-refractivity contribution in [3.8, 4) is 0 Å². The van der Waals surface area contributed by atoms with Crippen molar-refractivity contribution in [2.24, 2.45) is 0 Å². The number of halogens is 1. The number of nitrogens with zero attached hydrogens (tertiary/aromatic N) is 1. The Morgan fingerprint density at radius 3 is 2.35 bits per heavy atom. The minimum absolute atomic E-state index is 0. The minimum atomic E-state index is -0.619. The lowest BCUT2D eigenvalue weighted by molar-refractivity contribution is -0.117. The highest BCUT2D eigenvalue weighted by molar-refractivity contribution is 7.80. The van der Waals surface area contributed by atoms with E-state index >= 15 is 0 Å². The van der Waals surface area contributed by atoms with Crippen molar-refractivity contribution in [3.63, 3.8) is 0 Å². The van der Waals surface area contributed by atoms with Crippen molar-refractivity contribution in [2.45, 2.75) is 26.2 Å². The van der Waals surface area contributed by atoms with Crippen LogP contribution in [0.25, 0.3) is 0 Å². The van der Waals surface area contributed by atoms with Crippen molar-refractivity contribution >= 4 is 53.1 Å². The van der Waals surface area contributed by atoms with Crippen LogP contribution in [0.1, 0.15) is 26.2 Å². The third-order valence-electron chi connectivity index (χ3n) is 3.76. The summed E-state index contributed by atoms with van der Waals surface area (Å²) in [6, 6.07) is 7.19. The van der Waals surface area contributed by atoms with Crippen molar-refractivity contribution in [2.75, 3.05) is 36.9 Å². The smallest absolute Gasteiger partial charge is 0.413 e. The fraction of sp³-hybridized carbons (Fsp3) is 0.471. The van der Waals surface area contributed by atoms with E-state index in [9.17, 15) is 9.59 Å². The average molecular weight is 401 g/mol. The first-order chi connectivity index (χ1) is 12.1. The molecular weight excluding hydrogens is 376 g/mol. The second-order valence-electron chi connectivity index (χ2n) is 5.73. The zero-order valence-corrected chi connectivity index (χ0v) is 16.4. The summed E-state index contributed by atoms with van der Waals surface area (Å²) in [6.07, 6.45) is 2.89. The van der Waals surface area contributed by atoms with Gasteiger partial charge in [-0.1, -0.05) is 18.6 Å². The Balaban J connectivity index is 0.00000338. The Hall–Kier alpha value is -1.90. The summed E-state index contributed by atoms with van der Waals surface area (Å²) < 4.78 is 4.78. The third-order valence-corrected chi connectivity index (χ3v) is 3.96. The number of nitrogens with one attached hydrogen (secondary N) is 3. The molecule has 26 heavy (non-hydrogen) atoms. The molecule has 1 aromatic rings. The average Bonchev–Trinajstić information content (AvgIpc) is 2.57. The highest BCUT2D eigenvalue weighted by atomic mass is 35.5. The number of benzene rings is 1. The molecule has 1 heterocycles. The van der Waals surface area contributed by atoms with Gasteiger partial charge in [-0.05, 0) is 57.2 Å². The topological polar surface area (TPSA) is 82.7 Å². The van der Waals surface area contributed by atoms with E-state index in [-0.39, 0.29) is 30.0 Å². The number of thiocarbonyl (C=S) groups is 1. The second-order valence-corrected chi connectivity index (χ2v) is 6.14. The molecule has 0 aliphatic carbocycles. The van der Waals surface area contributed by atoms with Gasteiger partial charge in [-0.3, -0.25) is 15.0 Å². The molecule has 1 aromatic carbocycles. The van der Waals surface area contributed by atoms with E-state index in [0.717, 1.165) is 25.9 Å². The molecular formula is C17H25ClN4O3S. The van der Waals surface area contributed by atoms with Crippen molar-refractivity contribution in [1.82, 2.24) is 10.2 Å². The number of likely N-dealkylation sites (tertiary alicyclic amines) is 1. The maximum Gasteiger partial charge on any atom is 0.413 e. The fourth-order valence-corrected chi connectivity index (χ4v) is 2.82. The highest BCUT2D eigenvalue weighted by Gasteiger charge is 2.15. The van der Waals surface area contributed by atoms with Gasteiger partial charge in [0.05, 0.1) is 24.5 Å². The van der Waals surface area contributed by atoms with Crippen LogP contribution in [-0.4, -0.2) is 48.3 Å². The Morgan fingerprint density at radius 1 is 1.12 bits per heavy atom. The number of ether oxygens (including phenoxy) is 1. The zero-order valence-electron chi connectivity index (χ0n) is 14.7. The van der Waals surface area contributed by atoms with Crippen LogP contribution in [-0.2, 0) is 9.53 Å². The van der Waals surface area contributed by atoms with Crippen LogP contribution in [0.4, 0.5) is 16.2 Å². The molecule has 0 radical (unpaired) electrons. The molecule has 1 aliphatic heterocycles. The number of amides is 2. The van der Waals surface area contributed by atoms with Crippen LogP contribution in [0.2, 0.25) is 0 Å². The van der Waals surface area contributed by atoms with Crippen LogP contribution < -0.4 is 16.0 Å². The van der Waals surface area contributed by atoms with E-state index in [1.54, 1.807) is 19.1 Å². The molecule has 2 rings (SSSR count). The molecule has 0 unspecified atom stereocenters. The van der Waals surface area contributed by atoms with Gasteiger partial charge in [-0.25, -0.2) is 4.79 Å². The lowest BCUT2D eigenvalue weighted by Crippen LogP contribution is -2.37. The standard InChI is InChI=1S/C17H24N4O3S.ClH/c1-2-24-17(23)20-16(25)19-14-9-5-4-8-13(14)18-15(22)12-21-10-6-3-7-11-21;/h4-5,8-9H,2-3,6-7,10-12H2,1H3,(H,18,22)(H2,19,20,23,25);1H. The van der Waals surface area contributed by atoms with E-state index in [1.807, 2.05) is 12.1 Å². The van der Waals surface area contributed by atoms with Gasteiger partial charge >= 0.3 is 6.09 Å². The van der Waals surface area contributed by atoms with Crippen LogP contribution in [0.5, 0.6) is 0 Å². The number of hydrogen-bond donors (Lipinski definition) is 3. The van der Waals surface area contributed by atoms with E-state index in [1.165, 1.54) is 6.42 Å². The number of alkyl carbamates (subject to hydrolysis) is 1. The fourth-order valence-electron chi connectivity index (χ4n) is 2.62. The third kappa shape index (κ3) is 7.55. The van der Waals surface area contributed by atoms with Crippen LogP contribution in [0, 0.1) is 0 Å². The van der Waals surface area contributed by atoms with E-state index < -0.39 is 6.09 Å². The molecule has 0 aromatic heterocycles. The molecule has 1 saturated heterocycles. The molecule has 0 saturated carbocycles. The summed E-state index contributed by atoms with van der Waals surface area (Å²) in [5.41, 5.74) is 1.22. The van der Waals surface area contributed by atoms with E-state index in [4.69, 9.17) is 17.0 Å². The molecule has 144 valence electrons. The number of carbonyl (C=O) groups is 2. The van der Waals surface area contributed by atoms with Gasteiger partial charge in [-0.2, -0.15) is 0 Å². The zero-order chi connectivity index (χ0) is 18.1. The Morgan fingerprint density at radius 2 is 1.73 bits per heavy atom. The molecule has 3 N–H and O–H groups in total. The van der Waals surface area contributed by atoms with Crippen molar-refractivity contribution < 1.29 is 14.3 Å². The predicted octanol–water partition coefficient (Wildman–Crippen LogP) is 2.98. The highest BCUT2D eigenvalue weighted by Crippen LogP contribution is 2.21. The Kier molecular flexibility index (Phi) is 9.93. The summed E-state index contributed by atoms with van der Waals surface area (Å²) in [5.74, 6) is -0.0691. The second kappa shape index (κ2) is 11.7. The van der Waals surface area contributed by atoms with Gasteiger partial charge in [0.25, 0.3) is 0 Å². The predicted molar refractivity (Wildman–Crippen MR) is 109 cm³/mol. The SMILES string of the molecule is CCOC(=O)NC(=S)Nc1ccccc1NC(=O)CN1CCCCC1.Cl. The maximum atomic E-state index is 12.3. The number of piperidine rings is 1. The summed E-state index contributed by atoms with van der Waals surface area (Å²) in [6.45, 7) is 4.27. The number of hydrogen-bond acceptors (Lipinski definition) is 5. The number of rotatable bonds is 5. The summed E-state index contributed by atoms with van der Waals surface area (Å²) >= 11 is 5.09. The first kappa shape index (κ1) is 22.1. The van der Waals surface area contributed by atoms with Gasteiger partial charge < -0.3 is 15.4 Å². The Labute approximate surface area is 165 Å². The molecule has 7 nitrogen and oxygen atoms in total. The summed E-state index contributed by atoms with van der Waals surface area (Å²) in [7, 11) is 0. The summed E-state index contributed by atoms with van der Waals surface area (Å²) in [5, 5.41) is 8.32. The Bertz CT molecular complexity index is 624. The monoisotopic (exact) mass is 400 g/mol. The molecule has 9 heteroatoms. The minimum Gasteiger partial charge on any atom is -0.450 e. The number of para-hydroxylation sites is 2. The lowest BCUT2D eigenvalue weighted by Gasteiger charge is -2.25. The molecule has 1 aliphatic rings. The molecule has 0 atom stereocenters. The number of anilines is 2. The van der Waals surface area contributed by atoms with Gasteiger partial charge in [0, 0.05) is 0 Å². The van der Waals surface area contributed by atoms with Gasteiger partial charge in [0.1, 0.15) is 0 Å². The molecule has 2 amide bonds. The normalized spacial score (nSPS) is 13.9. The van der Waals surface area contributed by atoms with Crippen LogP contribution >= 0.6 is 24.6 Å². The van der Waals surface area contributed by atoms with Crippen molar-refractivity contribution in [1.29, 1.82) is 0 Å². The summed E-state index contributed by atoms with van der Waals surface area (Å²) in [4.78, 5) is 25.8. The largest absolute Gasteiger partial charge is 0.450 e. The quantitative estimate of drug-likeness (QED) is 0.659. The lowest BCUT2D eigenvalue weighted by atomic mass is 10.1. The van der Waals surface area contributed by atoms with Crippen molar-refractivity contribution in [3.05, 3.63) is 24.3 Å². The maximum absolute atomic E-state index is 12.3.